The van der Waals surface area contributed by atoms with Crippen LogP contribution in [-0.2, 0) is 14.3 Å². The van der Waals surface area contributed by atoms with Crippen LogP contribution < -0.4 is 10.6 Å². The van der Waals surface area contributed by atoms with Gasteiger partial charge in [-0.15, -0.1) is 0 Å². The molecule has 2 N–H and O–H groups in total. The first-order valence-corrected chi connectivity index (χ1v) is 7.16. The van der Waals surface area contributed by atoms with Gasteiger partial charge in [0.25, 0.3) is 0 Å². The van der Waals surface area contributed by atoms with Crippen LogP contribution in [0, 0.1) is 11.8 Å². The third-order valence-corrected chi connectivity index (χ3v) is 3.88. The molecule has 0 aliphatic carbocycles. The summed E-state index contributed by atoms with van der Waals surface area (Å²) in [5, 5.41) is 6.12. The molecule has 0 aromatic rings. The molecule has 0 aromatic heterocycles. The first-order valence-electron chi connectivity index (χ1n) is 7.16. The Morgan fingerprint density at radius 3 is 2.74 bits per heavy atom. The smallest absolute Gasteiger partial charge is 0.328 e. The molecule has 0 saturated carbocycles. The van der Waals surface area contributed by atoms with Crippen molar-refractivity contribution < 1.29 is 14.3 Å². The number of amides is 1. The Morgan fingerprint density at radius 2 is 2.21 bits per heavy atom. The van der Waals surface area contributed by atoms with E-state index in [4.69, 9.17) is 0 Å². The summed E-state index contributed by atoms with van der Waals surface area (Å²) in [7, 11) is 1.34. The number of carbonyl (C=O) groups is 2. The highest BCUT2D eigenvalue weighted by atomic mass is 16.5. The van der Waals surface area contributed by atoms with Gasteiger partial charge in [-0.2, -0.15) is 0 Å². The first kappa shape index (κ1) is 16.0. The number of methoxy groups -OCH3 is 1. The van der Waals surface area contributed by atoms with Gasteiger partial charge in [-0.05, 0) is 44.2 Å². The Bertz CT molecular complexity index is 301. The maximum absolute atomic E-state index is 11.9. The molecule has 0 spiro atoms. The van der Waals surface area contributed by atoms with Crippen LogP contribution >= 0.6 is 0 Å². The van der Waals surface area contributed by atoms with Crippen LogP contribution in [0.25, 0.3) is 0 Å². The zero-order valence-electron chi connectivity index (χ0n) is 12.2. The third kappa shape index (κ3) is 5.19. The minimum absolute atomic E-state index is 0.0599. The van der Waals surface area contributed by atoms with E-state index in [0.717, 1.165) is 13.1 Å². The predicted molar refractivity (Wildman–Crippen MR) is 73.6 cm³/mol. The molecule has 0 aromatic carbocycles. The standard InChI is InChI=1S/C14H26N2O3/c1-4-12(14(18)19-3)16-13(17)8-10(2)11-6-5-7-15-9-11/h10-12,15H,4-9H2,1-3H3,(H,16,17). The topological polar surface area (TPSA) is 67.4 Å². The normalized spacial score (nSPS) is 22.4. The maximum atomic E-state index is 11.9. The molecule has 19 heavy (non-hydrogen) atoms. The van der Waals surface area contributed by atoms with Gasteiger partial charge in [0.15, 0.2) is 0 Å². The number of ether oxygens (including phenoxy) is 1. The molecule has 1 aliphatic heterocycles. The molecule has 0 bridgehead atoms. The monoisotopic (exact) mass is 270 g/mol. The van der Waals surface area contributed by atoms with Crippen LogP contribution in [0.2, 0.25) is 0 Å². The van der Waals surface area contributed by atoms with Crippen LogP contribution in [0.5, 0.6) is 0 Å². The number of rotatable bonds is 6. The molecule has 3 atom stereocenters. The SMILES string of the molecule is CCC(NC(=O)CC(C)C1CCCNC1)C(=O)OC. The van der Waals surface area contributed by atoms with E-state index in [2.05, 4.69) is 22.3 Å². The number of esters is 1. The van der Waals surface area contributed by atoms with Crippen molar-refractivity contribution in [2.24, 2.45) is 11.8 Å². The lowest BCUT2D eigenvalue weighted by Gasteiger charge is -2.28. The van der Waals surface area contributed by atoms with Gasteiger partial charge in [-0.1, -0.05) is 13.8 Å². The first-order chi connectivity index (χ1) is 9.08. The number of piperidine rings is 1. The number of nitrogens with one attached hydrogen (secondary N) is 2. The molecule has 1 rings (SSSR count). The zero-order chi connectivity index (χ0) is 14.3. The summed E-state index contributed by atoms with van der Waals surface area (Å²) < 4.78 is 4.66. The largest absolute Gasteiger partial charge is 0.467 e. The molecule has 1 amide bonds. The fraction of sp³-hybridized carbons (Fsp3) is 0.857. The van der Waals surface area contributed by atoms with Crippen molar-refractivity contribution in [1.29, 1.82) is 0 Å². The van der Waals surface area contributed by atoms with Gasteiger partial charge in [0.1, 0.15) is 6.04 Å². The van der Waals surface area contributed by atoms with Crippen LogP contribution in [-0.4, -0.2) is 38.1 Å². The van der Waals surface area contributed by atoms with Gasteiger partial charge in [-0.3, -0.25) is 4.79 Å². The van der Waals surface area contributed by atoms with Gasteiger partial charge in [0.05, 0.1) is 7.11 Å². The summed E-state index contributed by atoms with van der Waals surface area (Å²) in [6.45, 7) is 6.03. The van der Waals surface area contributed by atoms with E-state index in [1.807, 2.05) is 6.92 Å². The van der Waals surface area contributed by atoms with E-state index in [-0.39, 0.29) is 11.9 Å². The molecule has 5 heteroatoms. The van der Waals surface area contributed by atoms with Crippen molar-refractivity contribution in [2.45, 2.75) is 45.6 Å². The van der Waals surface area contributed by atoms with Gasteiger partial charge in [-0.25, -0.2) is 4.79 Å². The molecule has 1 saturated heterocycles. The Labute approximate surface area is 115 Å². The van der Waals surface area contributed by atoms with Crippen molar-refractivity contribution in [1.82, 2.24) is 10.6 Å². The Balaban J connectivity index is 2.38. The molecular formula is C14H26N2O3. The highest BCUT2D eigenvalue weighted by molar-refractivity contribution is 5.84. The summed E-state index contributed by atoms with van der Waals surface area (Å²) in [5.74, 6) is 0.457. The molecular weight excluding hydrogens is 244 g/mol. The summed E-state index contributed by atoms with van der Waals surface area (Å²) in [4.78, 5) is 23.4. The summed E-state index contributed by atoms with van der Waals surface area (Å²) in [6.07, 6.45) is 3.38. The van der Waals surface area contributed by atoms with E-state index in [0.29, 0.717) is 24.7 Å². The van der Waals surface area contributed by atoms with Crippen molar-refractivity contribution in [3.8, 4) is 0 Å². The second-order valence-corrected chi connectivity index (χ2v) is 5.34. The van der Waals surface area contributed by atoms with Crippen molar-refractivity contribution >= 4 is 11.9 Å². The lowest BCUT2D eigenvalue weighted by atomic mass is 9.85. The maximum Gasteiger partial charge on any atom is 0.328 e. The molecule has 0 radical (unpaired) electrons. The number of hydrogen-bond donors (Lipinski definition) is 2. The highest BCUT2D eigenvalue weighted by Gasteiger charge is 2.24. The zero-order valence-corrected chi connectivity index (χ0v) is 12.2. The van der Waals surface area contributed by atoms with Crippen LogP contribution in [0.3, 0.4) is 0 Å². The summed E-state index contributed by atoms with van der Waals surface area (Å²) >= 11 is 0. The number of carbonyl (C=O) groups excluding carboxylic acids is 2. The fourth-order valence-corrected chi connectivity index (χ4v) is 2.55. The molecule has 1 fully saturated rings. The minimum atomic E-state index is -0.519. The van der Waals surface area contributed by atoms with E-state index < -0.39 is 6.04 Å². The quantitative estimate of drug-likeness (QED) is 0.709. The minimum Gasteiger partial charge on any atom is -0.467 e. The molecule has 110 valence electrons. The second-order valence-electron chi connectivity index (χ2n) is 5.34. The van der Waals surface area contributed by atoms with Gasteiger partial charge >= 0.3 is 5.97 Å². The Hall–Kier alpha value is -1.10. The van der Waals surface area contributed by atoms with Crippen LogP contribution in [0.1, 0.15) is 39.5 Å². The lowest BCUT2D eigenvalue weighted by Crippen LogP contribution is -2.42. The summed E-state index contributed by atoms with van der Waals surface area (Å²) in [6, 6.07) is -0.519. The fourth-order valence-electron chi connectivity index (χ4n) is 2.55. The highest BCUT2D eigenvalue weighted by Crippen LogP contribution is 2.22. The van der Waals surface area contributed by atoms with Crippen molar-refractivity contribution in [3.63, 3.8) is 0 Å². The molecule has 1 heterocycles. The average molecular weight is 270 g/mol. The Kier molecular flexibility index (Phi) is 6.84. The number of hydrogen-bond acceptors (Lipinski definition) is 4. The van der Waals surface area contributed by atoms with Crippen molar-refractivity contribution in [2.75, 3.05) is 20.2 Å². The molecule has 3 unspecified atom stereocenters. The van der Waals surface area contributed by atoms with E-state index in [1.165, 1.54) is 20.0 Å². The van der Waals surface area contributed by atoms with Gasteiger partial charge in [0, 0.05) is 6.42 Å². The van der Waals surface area contributed by atoms with E-state index in [1.54, 1.807) is 0 Å². The average Bonchev–Trinajstić information content (AvgIpc) is 2.44. The van der Waals surface area contributed by atoms with Crippen molar-refractivity contribution in [3.05, 3.63) is 0 Å². The summed E-state index contributed by atoms with van der Waals surface area (Å²) in [5.41, 5.74) is 0. The van der Waals surface area contributed by atoms with Gasteiger partial charge < -0.3 is 15.4 Å². The van der Waals surface area contributed by atoms with E-state index >= 15 is 0 Å². The second kappa shape index (κ2) is 8.15. The van der Waals surface area contributed by atoms with Crippen LogP contribution in [0.15, 0.2) is 0 Å². The third-order valence-electron chi connectivity index (χ3n) is 3.88. The molecule has 1 aliphatic rings. The predicted octanol–water partition coefficient (Wildman–Crippen LogP) is 1.08. The lowest BCUT2D eigenvalue weighted by molar-refractivity contribution is -0.145. The van der Waals surface area contributed by atoms with Crippen LogP contribution in [0.4, 0.5) is 0 Å². The molecule has 5 nitrogen and oxygen atoms in total. The van der Waals surface area contributed by atoms with Gasteiger partial charge in [0.2, 0.25) is 5.91 Å². The Morgan fingerprint density at radius 1 is 1.47 bits per heavy atom. The van der Waals surface area contributed by atoms with E-state index in [9.17, 15) is 9.59 Å².